The number of benzene rings is 1. The van der Waals surface area contributed by atoms with Gasteiger partial charge in [0.25, 0.3) is 0 Å². The number of nitrogens with zero attached hydrogens (tertiary/aromatic N) is 1. The highest BCUT2D eigenvalue weighted by Crippen LogP contribution is 2.22. The molecule has 2 nitrogen and oxygen atoms in total. The molecule has 1 aliphatic heterocycles. The van der Waals surface area contributed by atoms with Crippen LogP contribution in [0.15, 0.2) is 18.2 Å². The fourth-order valence-electron chi connectivity index (χ4n) is 2.32. The summed E-state index contributed by atoms with van der Waals surface area (Å²) in [4.78, 5) is 2.27. The minimum absolute atomic E-state index is 0.258. The van der Waals surface area contributed by atoms with E-state index in [1.807, 2.05) is 6.07 Å². The zero-order valence-electron chi connectivity index (χ0n) is 10.0. The number of hydrogen-bond acceptors (Lipinski definition) is 2. The van der Waals surface area contributed by atoms with Gasteiger partial charge in [0.1, 0.15) is 5.82 Å². The second-order valence-corrected chi connectivity index (χ2v) is 4.99. The Labute approximate surface area is 107 Å². The first-order valence-electron chi connectivity index (χ1n) is 6.02. The zero-order valence-corrected chi connectivity index (χ0v) is 10.8. The maximum atomic E-state index is 13.3. The average molecular weight is 257 g/mol. The highest BCUT2D eigenvalue weighted by Gasteiger charge is 2.18. The SMILES string of the molecule is CN(Cc1cccc(F)c1Cl)C1CCNCC1. The summed E-state index contributed by atoms with van der Waals surface area (Å²) >= 11 is 5.96. The second kappa shape index (κ2) is 5.80. The molecule has 0 spiro atoms. The molecule has 0 bridgehead atoms. The van der Waals surface area contributed by atoms with Gasteiger partial charge in [0.2, 0.25) is 0 Å². The standard InChI is InChI=1S/C13H18ClFN2/c1-17(11-5-7-16-8-6-11)9-10-3-2-4-12(15)13(10)14/h2-4,11,16H,5-9H2,1H3. The molecule has 1 aromatic carbocycles. The van der Waals surface area contributed by atoms with E-state index in [0.29, 0.717) is 12.6 Å². The Bertz CT molecular complexity index is 378. The molecule has 1 aliphatic rings. The third-order valence-corrected chi connectivity index (χ3v) is 3.81. The molecule has 1 aromatic rings. The summed E-state index contributed by atoms with van der Waals surface area (Å²) in [7, 11) is 2.08. The second-order valence-electron chi connectivity index (χ2n) is 4.61. The molecule has 4 heteroatoms. The van der Waals surface area contributed by atoms with Crippen LogP contribution in [0.1, 0.15) is 18.4 Å². The van der Waals surface area contributed by atoms with E-state index in [1.54, 1.807) is 6.07 Å². The molecule has 0 radical (unpaired) electrons. The number of rotatable bonds is 3. The van der Waals surface area contributed by atoms with Crippen LogP contribution < -0.4 is 5.32 Å². The van der Waals surface area contributed by atoms with Gasteiger partial charge in [-0.2, -0.15) is 0 Å². The highest BCUT2D eigenvalue weighted by molar-refractivity contribution is 6.31. The summed E-state index contributed by atoms with van der Waals surface area (Å²) < 4.78 is 13.3. The lowest BCUT2D eigenvalue weighted by Gasteiger charge is -2.31. The molecule has 0 atom stereocenters. The third-order valence-electron chi connectivity index (χ3n) is 3.38. The lowest BCUT2D eigenvalue weighted by molar-refractivity contribution is 0.191. The van der Waals surface area contributed by atoms with Gasteiger partial charge in [-0.05, 0) is 44.6 Å². The Kier molecular flexibility index (Phi) is 4.37. The van der Waals surface area contributed by atoms with Gasteiger partial charge in [-0.1, -0.05) is 23.7 Å². The van der Waals surface area contributed by atoms with Crippen molar-refractivity contribution >= 4 is 11.6 Å². The molecule has 0 unspecified atom stereocenters. The fourth-order valence-corrected chi connectivity index (χ4v) is 2.50. The van der Waals surface area contributed by atoms with Crippen molar-refractivity contribution < 1.29 is 4.39 Å². The lowest BCUT2D eigenvalue weighted by Crippen LogP contribution is -2.40. The van der Waals surface area contributed by atoms with Crippen LogP contribution in [0.5, 0.6) is 0 Å². The molecule has 2 rings (SSSR count). The molecule has 1 heterocycles. The predicted octanol–water partition coefficient (Wildman–Crippen LogP) is 2.66. The summed E-state index contributed by atoms with van der Waals surface area (Å²) in [5.74, 6) is -0.331. The average Bonchev–Trinajstić information content (AvgIpc) is 2.36. The summed E-state index contributed by atoms with van der Waals surface area (Å²) in [5, 5.41) is 3.60. The third kappa shape index (κ3) is 3.18. The smallest absolute Gasteiger partial charge is 0.142 e. The van der Waals surface area contributed by atoms with Crippen LogP contribution in [0, 0.1) is 5.82 Å². The zero-order chi connectivity index (χ0) is 12.3. The van der Waals surface area contributed by atoms with Gasteiger partial charge in [-0.3, -0.25) is 4.90 Å². The van der Waals surface area contributed by atoms with Crippen molar-refractivity contribution in [3.05, 3.63) is 34.6 Å². The van der Waals surface area contributed by atoms with Gasteiger partial charge < -0.3 is 5.32 Å². The first kappa shape index (κ1) is 12.8. The van der Waals surface area contributed by atoms with Crippen LogP contribution in [0.25, 0.3) is 0 Å². The van der Waals surface area contributed by atoms with Gasteiger partial charge in [-0.25, -0.2) is 4.39 Å². The van der Waals surface area contributed by atoms with E-state index in [2.05, 4.69) is 17.3 Å². The maximum absolute atomic E-state index is 13.3. The molecular formula is C13H18ClFN2. The molecule has 1 N–H and O–H groups in total. The van der Waals surface area contributed by atoms with Crippen molar-refractivity contribution in [2.45, 2.75) is 25.4 Å². The van der Waals surface area contributed by atoms with Gasteiger partial charge >= 0.3 is 0 Å². The van der Waals surface area contributed by atoms with Crippen LogP contribution in [-0.4, -0.2) is 31.1 Å². The fraction of sp³-hybridized carbons (Fsp3) is 0.538. The van der Waals surface area contributed by atoms with Crippen LogP contribution in [0.2, 0.25) is 5.02 Å². The van der Waals surface area contributed by atoms with E-state index in [4.69, 9.17) is 11.6 Å². The van der Waals surface area contributed by atoms with Crippen molar-refractivity contribution in [3.8, 4) is 0 Å². The topological polar surface area (TPSA) is 15.3 Å². The number of halogens is 2. The molecule has 94 valence electrons. The Hall–Kier alpha value is -0.640. The summed E-state index contributed by atoms with van der Waals surface area (Å²) in [6, 6.07) is 5.57. The predicted molar refractivity (Wildman–Crippen MR) is 68.8 cm³/mol. The molecule has 17 heavy (non-hydrogen) atoms. The first-order valence-corrected chi connectivity index (χ1v) is 6.40. The minimum atomic E-state index is -0.331. The minimum Gasteiger partial charge on any atom is -0.317 e. The van der Waals surface area contributed by atoms with Crippen molar-refractivity contribution in [1.82, 2.24) is 10.2 Å². The normalized spacial score (nSPS) is 17.6. The van der Waals surface area contributed by atoms with Crippen LogP contribution >= 0.6 is 11.6 Å². The first-order chi connectivity index (χ1) is 8.18. The summed E-state index contributed by atoms with van der Waals surface area (Å²) in [6.45, 7) is 2.83. The van der Waals surface area contributed by atoms with Crippen molar-refractivity contribution in [1.29, 1.82) is 0 Å². The van der Waals surface area contributed by atoms with Crippen LogP contribution in [-0.2, 0) is 6.54 Å². The molecule has 1 fully saturated rings. The Balaban J connectivity index is 2.01. The van der Waals surface area contributed by atoms with Crippen LogP contribution in [0.3, 0.4) is 0 Å². The maximum Gasteiger partial charge on any atom is 0.142 e. The lowest BCUT2D eigenvalue weighted by atomic mass is 10.0. The number of piperidine rings is 1. The van der Waals surface area contributed by atoms with Crippen molar-refractivity contribution in [2.75, 3.05) is 20.1 Å². The van der Waals surface area contributed by atoms with E-state index < -0.39 is 0 Å². The number of nitrogens with one attached hydrogen (secondary N) is 1. The van der Waals surface area contributed by atoms with Gasteiger partial charge in [-0.15, -0.1) is 0 Å². The van der Waals surface area contributed by atoms with E-state index in [-0.39, 0.29) is 10.8 Å². The molecule has 1 saturated heterocycles. The largest absolute Gasteiger partial charge is 0.317 e. The molecular weight excluding hydrogens is 239 g/mol. The Morgan fingerprint density at radius 3 is 2.82 bits per heavy atom. The van der Waals surface area contributed by atoms with Gasteiger partial charge in [0.05, 0.1) is 5.02 Å². The highest BCUT2D eigenvalue weighted by atomic mass is 35.5. The van der Waals surface area contributed by atoms with Crippen LogP contribution in [0.4, 0.5) is 4.39 Å². The Morgan fingerprint density at radius 2 is 2.12 bits per heavy atom. The van der Waals surface area contributed by atoms with E-state index in [1.165, 1.54) is 6.07 Å². The van der Waals surface area contributed by atoms with Crippen molar-refractivity contribution in [3.63, 3.8) is 0 Å². The molecule has 0 amide bonds. The molecule has 0 aliphatic carbocycles. The quantitative estimate of drug-likeness (QED) is 0.895. The summed E-state index contributed by atoms with van der Waals surface area (Å²) in [6.07, 6.45) is 2.28. The van der Waals surface area contributed by atoms with Gasteiger partial charge in [0.15, 0.2) is 0 Å². The van der Waals surface area contributed by atoms with E-state index in [0.717, 1.165) is 31.5 Å². The van der Waals surface area contributed by atoms with E-state index >= 15 is 0 Å². The number of hydrogen-bond donors (Lipinski definition) is 1. The van der Waals surface area contributed by atoms with Gasteiger partial charge in [0, 0.05) is 12.6 Å². The molecule has 0 aromatic heterocycles. The summed E-state index contributed by atoms with van der Waals surface area (Å²) in [5.41, 5.74) is 0.868. The molecule has 0 saturated carbocycles. The Morgan fingerprint density at radius 1 is 1.41 bits per heavy atom. The van der Waals surface area contributed by atoms with Crippen molar-refractivity contribution in [2.24, 2.45) is 0 Å². The van der Waals surface area contributed by atoms with E-state index in [9.17, 15) is 4.39 Å². The monoisotopic (exact) mass is 256 g/mol.